The fourth-order valence-electron chi connectivity index (χ4n) is 1.73. The molecule has 1 rings (SSSR count). The van der Waals surface area contributed by atoms with Crippen molar-refractivity contribution in [3.8, 4) is 0 Å². The summed E-state index contributed by atoms with van der Waals surface area (Å²) in [4.78, 5) is 1.70. The Bertz CT molecular complexity index is 496. The lowest BCUT2D eigenvalue weighted by molar-refractivity contribution is 0.281. The van der Waals surface area contributed by atoms with Crippen molar-refractivity contribution in [2.45, 2.75) is 4.90 Å². The van der Waals surface area contributed by atoms with Gasteiger partial charge in [0.25, 0.3) is 0 Å². The Hall–Kier alpha value is -1.31. The molecule has 1 aromatic carbocycles. The molecule has 102 valence electrons. The van der Waals surface area contributed by atoms with Crippen molar-refractivity contribution in [2.75, 3.05) is 43.2 Å². The highest BCUT2D eigenvalue weighted by atomic mass is 32.2. The third-order valence-electron chi connectivity index (χ3n) is 2.52. The van der Waals surface area contributed by atoms with E-state index in [1.165, 1.54) is 6.07 Å². The van der Waals surface area contributed by atoms with Crippen LogP contribution in [0.3, 0.4) is 0 Å². The van der Waals surface area contributed by atoms with Crippen LogP contribution in [0.25, 0.3) is 0 Å². The first-order chi connectivity index (χ1) is 8.41. The van der Waals surface area contributed by atoms with Crippen LogP contribution in [0.4, 0.5) is 11.4 Å². The maximum atomic E-state index is 11.5. The van der Waals surface area contributed by atoms with Crippen molar-refractivity contribution >= 4 is 21.2 Å². The molecule has 6 nitrogen and oxygen atoms in total. The molecule has 18 heavy (non-hydrogen) atoms. The average Bonchev–Trinajstić information content (AvgIpc) is 2.27. The number of hydrogen-bond acceptors (Lipinski definition) is 6. The van der Waals surface area contributed by atoms with E-state index < -0.39 is 9.84 Å². The third kappa shape index (κ3) is 3.34. The quantitative estimate of drug-likeness (QED) is 0.602. The van der Waals surface area contributed by atoms with E-state index in [0.29, 0.717) is 5.69 Å². The van der Waals surface area contributed by atoms with Gasteiger partial charge in [0.2, 0.25) is 0 Å². The highest BCUT2D eigenvalue weighted by Crippen LogP contribution is 2.29. The SMILES string of the molecule is CS(=O)(=O)c1cccc(N(CCO)CCO)c1N. The molecular formula is C11H18N2O4S. The van der Waals surface area contributed by atoms with Gasteiger partial charge in [-0.2, -0.15) is 0 Å². The van der Waals surface area contributed by atoms with Crippen molar-refractivity contribution in [1.82, 2.24) is 0 Å². The molecule has 0 fully saturated rings. The number of nitrogens with zero attached hydrogens (tertiary/aromatic N) is 1. The highest BCUT2D eigenvalue weighted by Gasteiger charge is 2.17. The highest BCUT2D eigenvalue weighted by molar-refractivity contribution is 7.90. The molecule has 0 atom stereocenters. The molecule has 0 saturated heterocycles. The molecule has 0 unspecified atom stereocenters. The average molecular weight is 274 g/mol. The Morgan fingerprint density at radius 2 is 1.78 bits per heavy atom. The zero-order valence-electron chi connectivity index (χ0n) is 10.2. The van der Waals surface area contributed by atoms with Gasteiger partial charge in [0.15, 0.2) is 9.84 Å². The van der Waals surface area contributed by atoms with Gasteiger partial charge in [-0.1, -0.05) is 6.07 Å². The molecule has 0 aliphatic heterocycles. The summed E-state index contributed by atoms with van der Waals surface area (Å²) in [7, 11) is -3.40. The zero-order valence-corrected chi connectivity index (χ0v) is 11.0. The molecule has 0 amide bonds. The van der Waals surface area contributed by atoms with Crippen LogP contribution in [0.1, 0.15) is 0 Å². The van der Waals surface area contributed by atoms with Gasteiger partial charge < -0.3 is 20.8 Å². The summed E-state index contributed by atoms with van der Waals surface area (Å²) in [5, 5.41) is 17.9. The van der Waals surface area contributed by atoms with E-state index in [-0.39, 0.29) is 36.9 Å². The lowest BCUT2D eigenvalue weighted by Gasteiger charge is -2.25. The van der Waals surface area contributed by atoms with Crippen LogP contribution in [0.2, 0.25) is 0 Å². The maximum absolute atomic E-state index is 11.5. The minimum Gasteiger partial charge on any atom is -0.396 e. The van der Waals surface area contributed by atoms with Gasteiger partial charge >= 0.3 is 0 Å². The lowest BCUT2D eigenvalue weighted by Crippen LogP contribution is -2.30. The van der Waals surface area contributed by atoms with Gasteiger partial charge in [0, 0.05) is 19.3 Å². The van der Waals surface area contributed by atoms with Gasteiger partial charge in [-0.3, -0.25) is 0 Å². The molecule has 0 radical (unpaired) electrons. The molecule has 7 heteroatoms. The van der Waals surface area contributed by atoms with E-state index in [2.05, 4.69) is 0 Å². The summed E-state index contributed by atoms with van der Waals surface area (Å²) < 4.78 is 23.1. The van der Waals surface area contributed by atoms with Gasteiger partial charge in [0.1, 0.15) is 0 Å². The molecule has 0 aromatic heterocycles. The van der Waals surface area contributed by atoms with Gasteiger partial charge in [-0.15, -0.1) is 0 Å². The molecular weight excluding hydrogens is 256 g/mol. The minimum absolute atomic E-state index is 0.0564. The van der Waals surface area contributed by atoms with Gasteiger partial charge in [-0.25, -0.2) is 8.42 Å². The molecule has 0 aliphatic rings. The Kier molecular flexibility index (Phi) is 4.94. The van der Waals surface area contributed by atoms with Crippen LogP contribution in [0.15, 0.2) is 23.1 Å². The number of anilines is 2. The smallest absolute Gasteiger partial charge is 0.177 e. The number of aliphatic hydroxyl groups is 2. The van der Waals surface area contributed by atoms with Crippen molar-refractivity contribution < 1.29 is 18.6 Å². The Labute approximate surface area is 107 Å². The Balaban J connectivity index is 3.24. The van der Waals surface area contributed by atoms with Crippen LogP contribution < -0.4 is 10.6 Å². The molecule has 0 saturated carbocycles. The van der Waals surface area contributed by atoms with Crippen molar-refractivity contribution in [3.63, 3.8) is 0 Å². The Morgan fingerprint density at radius 3 is 2.22 bits per heavy atom. The van der Waals surface area contributed by atoms with Gasteiger partial charge in [0.05, 0.1) is 29.5 Å². The first kappa shape index (κ1) is 14.7. The summed E-state index contributed by atoms with van der Waals surface area (Å²) in [5.74, 6) is 0. The molecule has 0 bridgehead atoms. The van der Waals surface area contributed by atoms with Crippen LogP contribution in [0.5, 0.6) is 0 Å². The predicted molar refractivity (Wildman–Crippen MR) is 70.3 cm³/mol. The number of aliphatic hydroxyl groups excluding tert-OH is 2. The fraction of sp³-hybridized carbons (Fsp3) is 0.455. The van der Waals surface area contributed by atoms with Gasteiger partial charge in [-0.05, 0) is 12.1 Å². The van der Waals surface area contributed by atoms with E-state index in [1.807, 2.05) is 0 Å². The maximum Gasteiger partial charge on any atom is 0.177 e. The first-order valence-electron chi connectivity index (χ1n) is 5.47. The third-order valence-corrected chi connectivity index (χ3v) is 3.68. The van der Waals surface area contributed by atoms with E-state index in [9.17, 15) is 8.42 Å². The standard InChI is InChI=1S/C11H18N2O4S/c1-18(16,17)10-4-2-3-9(11(10)12)13(5-7-14)6-8-15/h2-4,14-15H,5-8,12H2,1H3. The Morgan fingerprint density at radius 1 is 1.22 bits per heavy atom. The summed E-state index contributed by atoms with van der Waals surface area (Å²) in [6.07, 6.45) is 1.09. The number of rotatable bonds is 6. The largest absolute Gasteiger partial charge is 0.396 e. The fourth-order valence-corrected chi connectivity index (χ4v) is 2.56. The number of benzene rings is 1. The monoisotopic (exact) mass is 274 g/mol. The number of nitrogen functional groups attached to an aromatic ring is 1. The van der Waals surface area contributed by atoms with Crippen molar-refractivity contribution in [2.24, 2.45) is 0 Å². The second-order valence-electron chi connectivity index (χ2n) is 3.90. The first-order valence-corrected chi connectivity index (χ1v) is 7.36. The summed E-state index contributed by atoms with van der Waals surface area (Å²) in [6.45, 7) is 0.334. The predicted octanol–water partition coefficient (Wildman–Crippen LogP) is -0.537. The number of hydrogen-bond donors (Lipinski definition) is 3. The minimum atomic E-state index is -3.40. The molecule has 0 spiro atoms. The lowest BCUT2D eigenvalue weighted by atomic mass is 10.2. The van der Waals surface area contributed by atoms with Crippen molar-refractivity contribution in [3.05, 3.63) is 18.2 Å². The summed E-state index contributed by atoms with van der Waals surface area (Å²) in [6, 6.07) is 4.68. The molecule has 4 N–H and O–H groups in total. The van der Waals surface area contributed by atoms with Crippen LogP contribution in [-0.4, -0.2) is 51.2 Å². The number of nitrogens with two attached hydrogens (primary N) is 1. The second kappa shape index (κ2) is 6.03. The van der Waals surface area contributed by atoms with Crippen LogP contribution in [0, 0.1) is 0 Å². The van der Waals surface area contributed by atoms with Crippen molar-refractivity contribution in [1.29, 1.82) is 0 Å². The molecule has 0 aliphatic carbocycles. The van der Waals surface area contributed by atoms with Crippen LogP contribution in [-0.2, 0) is 9.84 Å². The topological polar surface area (TPSA) is 104 Å². The van der Waals surface area contributed by atoms with E-state index in [4.69, 9.17) is 15.9 Å². The number of para-hydroxylation sites is 1. The normalized spacial score (nSPS) is 11.5. The molecule has 1 aromatic rings. The van der Waals surface area contributed by atoms with Crippen LogP contribution >= 0.6 is 0 Å². The van der Waals surface area contributed by atoms with E-state index in [0.717, 1.165) is 6.26 Å². The molecule has 0 heterocycles. The van der Waals surface area contributed by atoms with E-state index in [1.54, 1.807) is 17.0 Å². The zero-order chi connectivity index (χ0) is 13.8. The summed E-state index contributed by atoms with van der Waals surface area (Å²) in [5.41, 5.74) is 6.49. The summed E-state index contributed by atoms with van der Waals surface area (Å²) >= 11 is 0. The number of sulfone groups is 1. The van der Waals surface area contributed by atoms with E-state index >= 15 is 0 Å². The second-order valence-corrected chi connectivity index (χ2v) is 5.88.